The summed E-state index contributed by atoms with van der Waals surface area (Å²) in [4.78, 5) is 38.0. The van der Waals surface area contributed by atoms with Gasteiger partial charge in [0.2, 0.25) is 0 Å². The third-order valence-electron chi connectivity index (χ3n) is 11.4. The lowest BCUT2D eigenvalue weighted by molar-refractivity contribution is -0.167. The zero-order chi connectivity index (χ0) is 47.2. The van der Waals surface area contributed by atoms with E-state index < -0.39 is 6.10 Å². The van der Waals surface area contributed by atoms with Crippen LogP contribution < -0.4 is 0 Å². The van der Waals surface area contributed by atoms with Crippen molar-refractivity contribution in [3.63, 3.8) is 0 Å². The molecule has 0 aliphatic heterocycles. The molecule has 0 amide bonds. The average Bonchev–Trinajstić information content (AvgIpc) is 3.30. The van der Waals surface area contributed by atoms with Gasteiger partial charge in [-0.15, -0.1) is 0 Å². The number of esters is 3. The lowest BCUT2D eigenvalue weighted by atomic mass is 10.0. The molecule has 0 spiro atoms. The second-order valence-electron chi connectivity index (χ2n) is 17.8. The van der Waals surface area contributed by atoms with Crippen LogP contribution in [0.15, 0.2) is 85.1 Å². The number of rotatable bonds is 48. The maximum Gasteiger partial charge on any atom is 0.306 e. The summed E-state index contributed by atoms with van der Waals surface area (Å²) in [6.45, 7) is 6.45. The third-order valence-corrected chi connectivity index (χ3v) is 11.4. The lowest BCUT2D eigenvalue weighted by Crippen LogP contribution is -2.30. The van der Waals surface area contributed by atoms with Crippen LogP contribution in [0.2, 0.25) is 0 Å². The Balaban J connectivity index is 4.50. The van der Waals surface area contributed by atoms with Crippen molar-refractivity contribution in [1.82, 2.24) is 0 Å². The first-order valence-electron chi connectivity index (χ1n) is 27.1. The van der Waals surface area contributed by atoms with Gasteiger partial charge in [-0.3, -0.25) is 14.4 Å². The first-order valence-corrected chi connectivity index (χ1v) is 27.1. The molecule has 0 rings (SSSR count). The summed E-state index contributed by atoms with van der Waals surface area (Å²) < 4.78 is 16.8. The van der Waals surface area contributed by atoms with Gasteiger partial charge < -0.3 is 14.2 Å². The number of hydrogen-bond acceptors (Lipinski definition) is 6. The van der Waals surface area contributed by atoms with Gasteiger partial charge in [0.25, 0.3) is 0 Å². The summed E-state index contributed by atoms with van der Waals surface area (Å²) in [5.41, 5.74) is 0. The van der Waals surface area contributed by atoms with Crippen LogP contribution >= 0.6 is 0 Å². The Labute approximate surface area is 401 Å². The van der Waals surface area contributed by atoms with E-state index in [4.69, 9.17) is 14.2 Å². The van der Waals surface area contributed by atoms with Crippen molar-refractivity contribution in [3.8, 4) is 0 Å². The van der Waals surface area contributed by atoms with Gasteiger partial charge in [0.05, 0.1) is 0 Å². The molecule has 0 saturated heterocycles. The Kier molecular flexibility index (Phi) is 50.4. The summed E-state index contributed by atoms with van der Waals surface area (Å²) in [6.07, 6.45) is 68.6. The lowest BCUT2D eigenvalue weighted by Gasteiger charge is -2.18. The van der Waals surface area contributed by atoms with Crippen molar-refractivity contribution in [1.29, 1.82) is 0 Å². The minimum atomic E-state index is -0.811. The summed E-state index contributed by atoms with van der Waals surface area (Å²) in [7, 11) is 0. The van der Waals surface area contributed by atoms with Crippen molar-refractivity contribution in [2.24, 2.45) is 0 Å². The monoisotopic (exact) mass is 905 g/mol. The second-order valence-corrected chi connectivity index (χ2v) is 17.8. The first kappa shape index (κ1) is 61.6. The highest BCUT2D eigenvalue weighted by atomic mass is 16.6. The highest BCUT2D eigenvalue weighted by molar-refractivity contribution is 5.71. The summed E-state index contributed by atoms with van der Waals surface area (Å²) in [6, 6.07) is 0. The maximum absolute atomic E-state index is 12.8. The minimum absolute atomic E-state index is 0.102. The fourth-order valence-electron chi connectivity index (χ4n) is 7.33. The van der Waals surface area contributed by atoms with Gasteiger partial charge in [0.15, 0.2) is 6.10 Å². The van der Waals surface area contributed by atoms with Crippen molar-refractivity contribution < 1.29 is 28.6 Å². The van der Waals surface area contributed by atoms with E-state index in [2.05, 4.69) is 106 Å². The molecule has 0 aromatic carbocycles. The molecule has 0 radical (unpaired) electrons. The van der Waals surface area contributed by atoms with Crippen LogP contribution in [0.5, 0.6) is 0 Å². The van der Waals surface area contributed by atoms with E-state index in [-0.39, 0.29) is 37.5 Å². The second kappa shape index (κ2) is 53.2. The topological polar surface area (TPSA) is 78.9 Å². The molecule has 0 N–H and O–H groups in total. The Bertz CT molecular complexity index is 1270. The average molecular weight is 905 g/mol. The van der Waals surface area contributed by atoms with Crippen molar-refractivity contribution in [2.75, 3.05) is 13.2 Å². The molecule has 372 valence electrons. The summed E-state index contributed by atoms with van der Waals surface area (Å²) in [5.74, 6) is -0.973. The van der Waals surface area contributed by atoms with Crippen molar-refractivity contribution in [2.45, 2.75) is 258 Å². The normalized spacial score (nSPS) is 12.7. The third kappa shape index (κ3) is 51.4. The van der Waals surface area contributed by atoms with Crippen LogP contribution in [0.3, 0.4) is 0 Å². The predicted octanol–water partition coefficient (Wildman–Crippen LogP) is 18.0. The van der Waals surface area contributed by atoms with Gasteiger partial charge in [-0.2, -0.15) is 0 Å². The van der Waals surface area contributed by atoms with Crippen LogP contribution in [-0.4, -0.2) is 37.2 Å². The molecule has 0 aliphatic rings. The van der Waals surface area contributed by atoms with Gasteiger partial charge in [0, 0.05) is 19.3 Å². The Morgan fingerprint density at radius 3 is 1.02 bits per heavy atom. The van der Waals surface area contributed by atoms with E-state index in [1.807, 2.05) is 0 Å². The maximum atomic E-state index is 12.8. The van der Waals surface area contributed by atoms with E-state index in [1.165, 1.54) is 103 Å². The molecule has 0 aromatic heterocycles. The minimum Gasteiger partial charge on any atom is -0.462 e. The van der Waals surface area contributed by atoms with Gasteiger partial charge in [-0.1, -0.05) is 228 Å². The molecule has 0 saturated carbocycles. The highest BCUT2D eigenvalue weighted by Crippen LogP contribution is 2.15. The Morgan fingerprint density at radius 2 is 0.615 bits per heavy atom. The molecule has 0 heterocycles. The largest absolute Gasteiger partial charge is 0.462 e. The molecule has 0 unspecified atom stereocenters. The van der Waals surface area contributed by atoms with E-state index in [0.29, 0.717) is 19.3 Å². The van der Waals surface area contributed by atoms with Crippen LogP contribution in [0, 0.1) is 0 Å². The molecule has 1 atom stereocenters. The molecule has 6 nitrogen and oxygen atoms in total. The van der Waals surface area contributed by atoms with Gasteiger partial charge >= 0.3 is 17.9 Å². The van der Waals surface area contributed by atoms with E-state index in [9.17, 15) is 14.4 Å². The standard InChI is InChI=1S/C59H100O6/c1-4-7-10-13-16-19-22-25-28-29-32-35-38-41-44-47-50-53-59(62)65-56(54-63-57(60)51-48-45-42-39-36-33-30-26-23-20-17-14-11-8-5-2)55-64-58(61)52-49-46-43-40-37-34-31-27-24-21-18-15-12-9-6-3/h8,11,16-17,19-20,25-26,28,30,32,35,41,44,56H,4-7,9-10,12-15,18,21-24,27,29,31,33-34,36-40,42-43,45-55H2,1-3H3/b11-8-,19-16-,20-17-,28-25-,30-26-,35-32-,44-41-/t56-/m1/s1. The van der Waals surface area contributed by atoms with E-state index in [0.717, 1.165) is 103 Å². The van der Waals surface area contributed by atoms with Gasteiger partial charge in [-0.25, -0.2) is 0 Å². The molecule has 0 aromatic rings. The number of carbonyl (C=O) groups excluding carboxylic acids is 3. The fourth-order valence-corrected chi connectivity index (χ4v) is 7.33. The molecule has 0 aliphatic carbocycles. The van der Waals surface area contributed by atoms with Gasteiger partial charge in [-0.05, 0) is 89.9 Å². The quantitative estimate of drug-likeness (QED) is 0.0262. The number of allylic oxidation sites excluding steroid dienone is 14. The predicted molar refractivity (Wildman–Crippen MR) is 279 cm³/mol. The van der Waals surface area contributed by atoms with Crippen LogP contribution in [0.4, 0.5) is 0 Å². The Hall–Kier alpha value is -3.41. The molecule has 6 heteroatoms. The Morgan fingerprint density at radius 1 is 0.323 bits per heavy atom. The number of ether oxygens (including phenoxy) is 3. The number of hydrogen-bond donors (Lipinski definition) is 0. The fraction of sp³-hybridized carbons (Fsp3) is 0.712. The van der Waals surface area contributed by atoms with E-state index in [1.54, 1.807) is 0 Å². The molecular formula is C59H100O6. The zero-order valence-corrected chi connectivity index (χ0v) is 42.5. The van der Waals surface area contributed by atoms with Crippen molar-refractivity contribution >= 4 is 17.9 Å². The van der Waals surface area contributed by atoms with Crippen LogP contribution in [0.1, 0.15) is 252 Å². The van der Waals surface area contributed by atoms with E-state index >= 15 is 0 Å². The number of unbranched alkanes of at least 4 members (excludes halogenated alkanes) is 23. The van der Waals surface area contributed by atoms with Crippen LogP contribution in [0.25, 0.3) is 0 Å². The number of carbonyl (C=O) groups is 3. The van der Waals surface area contributed by atoms with Gasteiger partial charge in [0.1, 0.15) is 13.2 Å². The zero-order valence-electron chi connectivity index (χ0n) is 42.5. The summed E-state index contributed by atoms with van der Waals surface area (Å²) >= 11 is 0. The van der Waals surface area contributed by atoms with Crippen LogP contribution in [-0.2, 0) is 28.6 Å². The molecule has 0 fully saturated rings. The molecular weight excluding hydrogens is 805 g/mol. The SMILES string of the molecule is CC/C=C\C/C=C\C/C=C\CCCCCCCC(=O)OC[C@H](COC(=O)CCCCCCCCCCCCCCCCC)OC(=O)CCC/C=C\C/C=C\C/C=C\C/C=C\CCCCC. The molecule has 0 bridgehead atoms. The molecule has 65 heavy (non-hydrogen) atoms. The van der Waals surface area contributed by atoms with Crippen molar-refractivity contribution in [3.05, 3.63) is 85.1 Å². The highest BCUT2D eigenvalue weighted by Gasteiger charge is 2.19. The summed E-state index contributed by atoms with van der Waals surface area (Å²) in [5, 5.41) is 0. The smallest absolute Gasteiger partial charge is 0.306 e. The first-order chi connectivity index (χ1) is 32.0.